The predicted octanol–water partition coefficient (Wildman–Crippen LogP) is 1.95. The first-order valence-corrected chi connectivity index (χ1v) is 8.83. The summed E-state index contributed by atoms with van der Waals surface area (Å²) in [5.74, 6) is 1.28. The van der Waals surface area contributed by atoms with Crippen LogP contribution in [0, 0.1) is 5.92 Å². The van der Waals surface area contributed by atoms with Crippen molar-refractivity contribution in [1.82, 2.24) is 20.4 Å². The lowest BCUT2D eigenvalue weighted by atomic mass is 9.90. The maximum absolute atomic E-state index is 12.8. The quantitative estimate of drug-likeness (QED) is 0.725. The molecule has 0 aliphatic carbocycles. The Morgan fingerprint density at radius 2 is 2.00 bits per heavy atom. The van der Waals surface area contributed by atoms with Gasteiger partial charge in [-0.25, -0.2) is 0 Å². The highest BCUT2D eigenvalue weighted by atomic mass is 35.5. The molecule has 150 valence electrons. The van der Waals surface area contributed by atoms with Gasteiger partial charge in [-0.2, -0.15) is 4.98 Å². The van der Waals surface area contributed by atoms with Gasteiger partial charge in [0.1, 0.15) is 11.7 Å². The second-order valence-corrected chi connectivity index (χ2v) is 7.03. The molecule has 1 saturated heterocycles. The van der Waals surface area contributed by atoms with E-state index >= 15 is 0 Å². The second kappa shape index (κ2) is 10.2. The van der Waals surface area contributed by atoms with Crippen LogP contribution in [0.3, 0.4) is 0 Å². The first-order valence-electron chi connectivity index (χ1n) is 8.83. The molecule has 1 atom stereocenters. The van der Waals surface area contributed by atoms with Gasteiger partial charge in [-0.05, 0) is 38.8 Å². The van der Waals surface area contributed by atoms with Crippen molar-refractivity contribution >= 4 is 18.3 Å². The molecule has 0 spiro atoms. The Balaban J connectivity index is 0.00000338. The summed E-state index contributed by atoms with van der Waals surface area (Å²) in [4.78, 5) is 18.8. The molecule has 9 heteroatoms. The molecular formula is C17H31ClN4O4. The fraction of sp³-hybridized carbons (Fsp3) is 0.824. The predicted molar refractivity (Wildman–Crippen MR) is 99.1 cm³/mol. The van der Waals surface area contributed by atoms with Crippen molar-refractivity contribution in [2.45, 2.75) is 51.9 Å². The zero-order valence-corrected chi connectivity index (χ0v) is 17.1. The summed E-state index contributed by atoms with van der Waals surface area (Å²) in [6, 6.07) is 0. The van der Waals surface area contributed by atoms with Crippen LogP contribution in [0.5, 0.6) is 0 Å². The van der Waals surface area contributed by atoms with Gasteiger partial charge >= 0.3 is 0 Å². The fourth-order valence-corrected chi connectivity index (χ4v) is 2.87. The van der Waals surface area contributed by atoms with Crippen LogP contribution in [0.2, 0.25) is 0 Å². The van der Waals surface area contributed by atoms with E-state index in [1.165, 1.54) is 0 Å². The smallest absolute Gasteiger partial charge is 0.255 e. The van der Waals surface area contributed by atoms with Crippen molar-refractivity contribution < 1.29 is 18.8 Å². The number of carbonyl (C=O) groups is 1. The minimum atomic E-state index is -0.767. The number of ether oxygens (including phenoxy) is 2. The molecule has 8 nitrogen and oxygen atoms in total. The normalized spacial score (nSPS) is 17.6. The molecule has 26 heavy (non-hydrogen) atoms. The number of amides is 1. The number of nitrogens with one attached hydrogen (secondary N) is 1. The van der Waals surface area contributed by atoms with Gasteiger partial charge in [0.05, 0.1) is 6.54 Å². The number of hydrogen-bond acceptors (Lipinski definition) is 7. The van der Waals surface area contributed by atoms with E-state index in [0.717, 1.165) is 13.1 Å². The molecule has 0 radical (unpaired) electrons. The van der Waals surface area contributed by atoms with Crippen LogP contribution in [0.4, 0.5) is 0 Å². The summed E-state index contributed by atoms with van der Waals surface area (Å²) >= 11 is 0. The maximum Gasteiger partial charge on any atom is 0.255 e. The average Bonchev–Trinajstić information content (AvgIpc) is 3.08. The summed E-state index contributed by atoms with van der Waals surface area (Å²) in [6.45, 7) is 8.48. The number of halogens is 1. The van der Waals surface area contributed by atoms with E-state index in [1.54, 1.807) is 19.1 Å². The van der Waals surface area contributed by atoms with Crippen molar-refractivity contribution in [3.8, 4) is 0 Å². The fourth-order valence-electron chi connectivity index (χ4n) is 2.87. The first-order chi connectivity index (χ1) is 11.9. The first kappa shape index (κ1) is 22.8. The van der Waals surface area contributed by atoms with E-state index in [4.69, 9.17) is 14.0 Å². The molecule has 0 aromatic carbocycles. The molecule has 1 amide bonds. The highest BCUT2D eigenvalue weighted by molar-refractivity contribution is 5.85. The molecule has 1 N–H and O–H groups in total. The Morgan fingerprint density at radius 1 is 1.35 bits per heavy atom. The number of likely N-dealkylation sites (N-methyl/N-ethyl adjacent to an activating group) is 1. The molecule has 1 aromatic heterocycles. The third-order valence-corrected chi connectivity index (χ3v) is 4.44. The Labute approximate surface area is 161 Å². The highest BCUT2D eigenvalue weighted by Crippen LogP contribution is 2.25. The molecule has 1 unspecified atom stereocenters. The third kappa shape index (κ3) is 5.64. The van der Waals surface area contributed by atoms with Crippen molar-refractivity contribution in [3.63, 3.8) is 0 Å². The lowest BCUT2D eigenvalue weighted by molar-refractivity contribution is -0.157. The van der Waals surface area contributed by atoms with Gasteiger partial charge in [-0.3, -0.25) is 4.79 Å². The SMILES string of the molecule is COC1(C(=O)N(C)Cc2nc(C(C)OCC(C)C)no2)CCNCC1.Cl. The zero-order chi connectivity index (χ0) is 18.4. The van der Waals surface area contributed by atoms with E-state index in [0.29, 0.717) is 37.1 Å². The van der Waals surface area contributed by atoms with Crippen LogP contribution < -0.4 is 5.32 Å². The molecule has 1 aliphatic heterocycles. The van der Waals surface area contributed by atoms with Crippen LogP contribution in [-0.4, -0.2) is 60.4 Å². The van der Waals surface area contributed by atoms with E-state index in [1.807, 2.05) is 6.92 Å². The van der Waals surface area contributed by atoms with Crippen LogP contribution in [0.25, 0.3) is 0 Å². The van der Waals surface area contributed by atoms with E-state index in [2.05, 4.69) is 29.3 Å². The zero-order valence-electron chi connectivity index (χ0n) is 16.3. The van der Waals surface area contributed by atoms with Gasteiger partial charge in [0, 0.05) is 20.8 Å². The van der Waals surface area contributed by atoms with E-state index in [9.17, 15) is 4.79 Å². The number of piperidine rings is 1. The minimum Gasteiger partial charge on any atom is -0.370 e. The standard InChI is InChI=1S/C17H30N4O4.ClH/c1-12(2)11-24-13(3)15-19-14(25-20-15)10-21(4)16(22)17(23-5)6-8-18-9-7-17;/h12-13,18H,6-11H2,1-5H3;1H. The van der Waals surface area contributed by atoms with Crippen molar-refractivity contribution in [2.24, 2.45) is 5.92 Å². The summed E-state index contributed by atoms with van der Waals surface area (Å²) < 4.78 is 16.5. The van der Waals surface area contributed by atoms with Crippen LogP contribution in [-0.2, 0) is 20.8 Å². The molecule has 1 fully saturated rings. The van der Waals surface area contributed by atoms with E-state index in [-0.39, 0.29) is 31.0 Å². The summed E-state index contributed by atoms with van der Waals surface area (Å²) in [5.41, 5.74) is -0.767. The Hall–Kier alpha value is -1.22. The van der Waals surface area contributed by atoms with Crippen molar-refractivity contribution in [2.75, 3.05) is 33.9 Å². The van der Waals surface area contributed by atoms with Crippen molar-refractivity contribution in [3.05, 3.63) is 11.7 Å². The van der Waals surface area contributed by atoms with Crippen LogP contribution in [0.15, 0.2) is 4.52 Å². The van der Waals surface area contributed by atoms with Gasteiger partial charge in [0.2, 0.25) is 5.89 Å². The minimum absolute atomic E-state index is 0. The van der Waals surface area contributed by atoms with E-state index < -0.39 is 5.60 Å². The van der Waals surface area contributed by atoms with Gasteiger partial charge in [0.25, 0.3) is 5.91 Å². The number of hydrogen-bond donors (Lipinski definition) is 1. The maximum atomic E-state index is 12.8. The number of nitrogens with zero attached hydrogens (tertiary/aromatic N) is 3. The Kier molecular flexibility index (Phi) is 8.95. The van der Waals surface area contributed by atoms with Crippen LogP contribution in [0.1, 0.15) is 51.4 Å². The van der Waals surface area contributed by atoms with Gasteiger partial charge < -0.3 is 24.2 Å². The summed E-state index contributed by atoms with van der Waals surface area (Å²) in [5, 5.41) is 7.21. The Bertz CT molecular complexity index is 561. The molecule has 1 aliphatic rings. The lowest BCUT2D eigenvalue weighted by Crippen LogP contribution is -2.54. The monoisotopic (exact) mass is 390 g/mol. The molecule has 2 rings (SSSR count). The number of methoxy groups -OCH3 is 1. The van der Waals surface area contributed by atoms with Gasteiger partial charge in [-0.15, -0.1) is 12.4 Å². The number of carbonyl (C=O) groups excluding carboxylic acids is 1. The summed E-state index contributed by atoms with van der Waals surface area (Å²) in [7, 11) is 3.32. The second-order valence-electron chi connectivity index (χ2n) is 7.03. The summed E-state index contributed by atoms with van der Waals surface area (Å²) in [6.07, 6.45) is 1.07. The molecule has 2 heterocycles. The van der Waals surface area contributed by atoms with Gasteiger partial charge in [-0.1, -0.05) is 19.0 Å². The van der Waals surface area contributed by atoms with Crippen LogP contribution >= 0.6 is 12.4 Å². The average molecular weight is 391 g/mol. The Morgan fingerprint density at radius 3 is 2.58 bits per heavy atom. The molecule has 0 bridgehead atoms. The largest absolute Gasteiger partial charge is 0.370 e. The molecular weight excluding hydrogens is 360 g/mol. The highest BCUT2D eigenvalue weighted by Gasteiger charge is 2.41. The topological polar surface area (TPSA) is 89.7 Å². The number of rotatable bonds is 8. The molecule has 0 saturated carbocycles. The van der Waals surface area contributed by atoms with Crippen molar-refractivity contribution in [1.29, 1.82) is 0 Å². The van der Waals surface area contributed by atoms with Gasteiger partial charge in [0.15, 0.2) is 5.82 Å². The third-order valence-electron chi connectivity index (χ3n) is 4.44. The number of aromatic nitrogens is 2. The molecule has 1 aromatic rings. The lowest BCUT2D eigenvalue weighted by Gasteiger charge is -2.37.